The highest BCUT2D eigenvalue weighted by Gasteiger charge is 2.52. The Morgan fingerprint density at radius 1 is 0.794 bits per heavy atom. The zero-order chi connectivity index (χ0) is 25.2. The van der Waals surface area contributed by atoms with E-state index in [1.807, 2.05) is 0 Å². The molecule has 1 aliphatic heterocycles. The summed E-state index contributed by atoms with van der Waals surface area (Å²) in [7, 11) is -2.62. The van der Waals surface area contributed by atoms with Crippen molar-refractivity contribution in [1.29, 1.82) is 0 Å². The Morgan fingerprint density at radius 3 is 1.65 bits per heavy atom. The van der Waals surface area contributed by atoms with Gasteiger partial charge in [0.2, 0.25) is 0 Å². The topological polar surface area (TPSA) is 27.7 Å². The van der Waals surface area contributed by atoms with Crippen LogP contribution in [-0.4, -0.2) is 33.2 Å². The Kier molecular flexibility index (Phi) is 8.24. The molecule has 0 aliphatic carbocycles. The van der Waals surface area contributed by atoms with Crippen LogP contribution in [-0.2, 0) is 13.7 Å². The molecule has 1 fully saturated rings. The fourth-order valence-electron chi connectivity index (χ4n) is 5.27. The summed E-state index contributed by atoms with van der Waals surface area (Å²) < 4.78 is 19.6. The molecule has 0 N–H and O–H groups in total. The average Bonchev–Trinajstić information content (AvgIpc) is 2.94. The van der Waals surface area contributed by atoms with Crippen LogP contribution in [0.5, 0.6) is 0 Å². The first-order valence-electron chi connectivity index (χ1n) is 12.9. The van der Waals surface area contributed by atoms with Crippen LogP contribution in [0.4, 0.5) is 0 Å². The summed E-state index contributed by atoms with van der Waals surface area (Å²) in [4.78, 5) is 0. The fourth-order valence-corrected chi connectivity index (χ4v) is 9.96. The number of hydrogen-bond donors (Lipinski definition) is 0. The van der Waals surface area contributed by atoms with Crippen molar-refractivity contribution in [2.45, 2.75) is 91.3 Å². The van der Waals surface area contributed by atoms with Crippen LogP contribution in [0.2, 0.25) is 11.4 Å². The van der Waals surface area contributed by atoms with Crippen LogP contribution in [0.15, 0.2) is 60.7 Å². The second-order valence-corrected chi connectivity index (χ2v) is 16.6. The first kappa shape index (κ1) is 27.2. The first-order chi connectivity index (χ1) is 15.8. The highest BCUT2D eigenvalue weighted by Crippen LogP contribution is 2.40. The highest BCUT2D eigenvalue weighted by molar-refractivity contribution is 6.99. The van der Waals surface area contributed by atoms with E-state index in [0.29, 0.717) is 11.8 Å². The van der Waals surface area contributed by atoms with Crippen LogP contribution in [0.3, 0.4) is 0 Å². The van der Waals surface area contributed by atoms with E-state index in [-0.39, 0.29) is 23.4 Å². The summed E-state index contributed by atoms with van der Waals surface area (Å²) in [6.07, 6.45) is 2.00. The fraction of sp³-hybridized carbons (Fsp3) is 0.586. The third kappa shape index (κ3) is 5.70. The maximum Gasteiger partial charge on any atom is 0.458 e. The summed E-state index contributed by atoms with van der Waals surface area (Å²) in [5, 5.41) is 2.68. The van der Waals surface area contributed by atoms with Crippen molar-refractivity contribution < 1.29 is 13.7 Å². The Morgan fingerprint density at radius 2 is 1.24 bits per heavy atom. The van der Waals surface area contributed by atoms with Gasteiger partial charge in [0.25, 0.3) is 8.32 Å². The third-order valence-electron chi connectivity index (χ3n) is 7.70. The quantitative estimate of drug-likeness (QED) is 0.393. The molecular weight excluding hydrogens is 435 g/mol. The van der Waals surface area contributed by atoms with E-state index in [1.165, 1.54) is 10.4 Å². The van der Waals surface area contributed by atoms with Crippen molar-refractivity contribution in [2.24, 2.45) is 11.8 Å². The van der Waals surface area contributed by atoms with Gasteiger partial charge in [0.05, 0.1) is 11.2 Å². The van der Waals surface area contributed by atoms with Crippen LogP contribution in [0, 0.1) is 11.8 Å². The monoisotopic (exact) mass is 480 g/mol. The molecule has 2 aromatic rings. The maximum absolute atomic E-state index is 7.14. The summed E-state index contributed by atoms with van der Waals surface area (Å²) in [6.45, 7) is 20.9. The van der Waals surface area contributed by atoms with Gasteiger partial charge in [-0.1, -0.05) is 95.3 Å². The van der Waals surface area contributed by atoms with Gasteiger partial charge < -0.3 is 13.7 Å². The Hall–Kier alpha value is -1.40. The number of hydrogen-bond acceptors (Lipinski definition) is 3. The lowest BCUT2D eigenvalue weighted by atomic mass is 9.75. The van der Waals surface area contributed by atoms with Gasteiger partial charge in [-0.05, 0) is 67.7 Å². The van der Waals surface area contributed by atoms with E-state index >= 15 is 0 Å². The highest BCUT2D eigenvalue weighted by atomic mass is 28.4. The zero-order valence-electron chi connectivity index (χ0n) is 22.9. The molecular formula is C29H45BO3Si. The van der Waals surface area contributed by atoms with Crippen molar-refractivity contribution in [3.8, 4) is 0 Å². The molecule has 3 rings (SSSR count). The van der Waals surface area contributed by atoms with E-state index in [2.05, 4.69) is 123 Å². The van der Waals surface area contributed by atoms with Gasteiger partial charge >= 0.3 is 7.12 Å². The molecule has 1 heterocycles. The van der Waals surface area contributed by atoms with Crippen molar-refractivity contribution in [3.05, 3.63) is 60.7 Å². The van der Waals surface area contributed by atoms with Crippen molar-refractivity contribution in [3.63, 3.8) is 0 Å². The molecule has 1 aliphatic rings. The minimum atomic E-state index is -2.49. The van der Waals surface area contributed by atoms with Gasteiger partial charge in [0.1, 0.15) is 0 Å². The first-order valence-corrected chi connectivity index (χ1v) is 14.8. The van der Waals surface area contributed by atoms with Crippen LogP contribution in [0.25, 0.3) is 0 Å². The second kappa shape index (κ2) is 10.3. The summed E-state index contributed by atoms with van der Waals surface area (Å²) in [5.74, 6) is 0.937. The average molecular weight is 481 g/mol. The van der Waals surface area contributed by atoms with E-state index in [4.69, 9.17) is 13.7 Å². The van der Waals surface area contributed by atoms with E-state index in [0.717, 1.165) is 19.3 Å². The van der Waals surface area contributed by atoms with Gasteiger partial charge in [0, 0.05) is 6.61 Å². The molecule has 0 spiro atoms. The molecule has 186 valence electrons. The van der Waals surface area contributed by atoms with Crippen molar-refractivity contribution in [1.82, 2.24) is 0 Å². The standard InChI is InChI=1S/C29H45BO3Si/c1-23(21-30-32-28(6,7)29(8,9)33-30)20-24(2)22-31-34(27(3,4)5,25-16-12-10-13-17-25)26-18-14-11-15-19-26/h10-19,23-24H,20-22H2,1-9H3/t23-,24+/m0/s1. The van der Waals surface area contributed by atoms with Gasteiger partial charge in [-0.3, -0.25) is 0 Å². The molecule has 2 aromatic carbocycles. The lowest BCUT2D eigenvalue weighted by Crippen LogP contribution is -2.66. The van der Waals surface area contributed by atoms with E-state index < -0.39 is 8.32 Å². The van der Waals surface area contributed by atoms with Gasteiger partial charge in [-0.15, -0.1) is 0 Å². The molecule has 0 amide bonds. The van der Waals surface area contributed by atoms with Crippen molar-refractivity contribution in [2.75, 3.05) is 6.61 Å². The van der Waals surface area contributed by atoms with Gasteiger partial charge in [0.15, 0.2) is 0 Å². The predicted molar refractivity (Wildman–Crippen MR) is 147 cm³/mol. The SMILES string of the molecule is C[C@H](CB1OC(C)(C)C(C)(C)O1)C[C@@H](C)CO[Si](c1ccccc1)(c1ccccc1)C(C)(C)C. The molecule has 0 aromatic heterocycles. The van der Waals surface area contributed by atoms with Crippen LogP contribution < -0.4 is 10.4 Å². The second-order valence-electron chi connectivity index (χ2n) is 12.3. The third-order valence-corrected chi connectivity index (χ3v) is 12.7. The molecule has 0 radical (unpaired) electrons. The number of rotatable bonds is 9. The maximum atomic E-state index is 7.14. The Bertz CT molecular complexity index is 852. The summed E-state index contributed by atoms with van der Waals surface area (Å²) in [6, 6.07) is 21.8. The van der Waals surface area contributed by atoms with Gasteiger partial charge in [-0.25, -0.2) is 0 Å². The number of benzene rings is 2. The Balaban J connectivity index is 1.73. The molecule has 5 heteroatoms. The molecule has 2 atom stereocenters. The van der Waals surface area contributed by atoms with E-state index in [9.17, 15) is 0 Å². The summed E-state index contributed by atoms with van der Waals surface area (Å²) >= 11 is 0. The van der Waals surface area contributed by atoms with Crippen LogP contribution >= 0.6 is 0 Å². The molecule has 3 nitrogen and oxygen atoms in total. The molecule has 0 saturated carbocycles. The molecule has 0 bridgehead atoms. The molecule has 1 saturated heterocycles. The minimum Gasteiger partial charge on any atom is -0.407 e. The van der Waals surface area contributed by atoms with Gasteiger partial charge in [-0.2, -0.15) is 0 Å². The lowest BCUT2D eigenvalue weighted by molar-refractivity contribution is 0.00578. The van der Waals surface area contributed by atoms with Crippen molar-refractivity contribution >= 4 is 25.8 Å². The zero-order valence-corrected chi connectivity index (χ0v) is 23.9. The smallest absolute Gasteiger partial charge is 0.407 e. The van der Waals surface area contributed by atoms with Crippen LogP contribution in [0.1, 0.15) is 68.7 Å². The predicted octanol–water partition coefficient (Wildman–Crippen LogP) is 6.32. The molecule has 0 unspecified atom stereocenters. The van der Waals surface area contributed by atoms with E-state index in [1.54, 1.807) is 0 Å². The largest absolute Gasteiger partial charge is 0.458 e. The summed E-state index contributed by atoms with van der Waals surface area (Å²) in [5.41, 5.74) is -0.537. The minimum absolute atomic E-state index is 0.00371. The lowest BCUT2D eigenvalue weighted by Gasteiger charge is -2.43. The Labute approximate surface area is 209 Å². The molecule has 34 heavy (non-hydrogen) atoms. The normalized spacial score (nSPS) is 19.7.